The van der Waals surface area contributed by atoms with Crippen LogP contribution in [-0.4, -0.2) is 88.0 Å². The van der Waals surface area contributed by atoms with Crippen molar-refractivity contribution >= 4 is 57.4 Å². The second kappa shape index (κ2) is 13.0. The van der Waals surface area contributed by atoms with E-state index in [1.807, 2.05) is 12.1 Å². The molecule has 0 radical (unpaired) electrons. The number of para-hydroxylation sites is 2. The summed E-state index contributed by atoms with van der Waals surface area (Å²) >= 11 is 4.14. The SMILES string of the molecule is COc1cc(N2CCC(N3CCN(C)CC3)CC2)ccc1Nc1ncc(Cl)c(Nc2ccccc2NS(=O)O)n1. The number of nitrogens with one attached hydrogen (secondary N) is 3. The third kappa shape index (κ3) is 6.94. The average molecular weight is 587 g/mol. The Morgan fingerprint density at radius 3 is 2.42 bits per heavy atom. The Balaban J connectivity index is 1.26. The summed E-state index contributed by atoms with van der Waals surface area (Å²) in [7, 11) is 3.85. The fourth-order valence-electron chi connectivity index (χ4n) is 5.19. The summed E-state index contributed by atoms with van der Waals surface area (Å²) in [5.41, 5.74) is 2.82. The van der Waals surface area contributed by atoms with Crippen LogP contribution in [0.15, 0.2) is 48.7 Å². The number of rotatable bonds is 9. The van der Waals surface area contributed by atoms with Crippen LogP contribution in [0.5, 0.6) is 5.75 Å². The third-order valence-electron chi connectivity index (χ3n) is 7.44. The van der Waals surface area contributed by atoms with Gasteiger partial charge in [-0.1, -0.05) is 23.7 Å². The van der Waals surface area contributed by atoms with Crippen LogP contribution in [0.3, 0.4) is 0 Å². The molecular formula is C27H35ClN8O3S. The summed E-state index contributed by atoms with van der Waals surface area (Å²) in [5.74, 6) is 1.35. The van der Waals surface area contributed by atoms with Crippen molar-refractivity contribution in [1.29, 1.82) is 0 Å². The number of ether oxygens (including phenoxy) is 1. The Bertz CT molecular complexity index is 1330. The van der Waals surface area contributed by atoms with Crippen molar-refractivity contribution in [3.05, 3.63) is 53.7 Å². The van der Waals surface area contributed by atoms with E-state index in [1.54, 1.807) is 31.4 Å². The van der Waals surface area contributed by atoms with Gasteiger partial charge in [0.15, 0.2) is 5.82 Å². The molecular weight excluding hydrogens is 552 g/mol. The van der Waals surface area contributed by atoms with Crippen molar-refractivity contribution in [1.82, 2.24) is 19.8 Å². The predicted octanol–water partition coefficient (Wildman–Crippen LogP) is 4.39. The van der Waals surface area contributed by atoms with Gasteiger partial charge in [-0.05, 0) is 44.2 Å². The van der Waals surface area contributed by atoms with Crippen LogP contribution >= 0.6 is 11.6 Å². The number of anilines is 6. The van der Waals surface area contributed by atoms with Crippen molar-refractivity contribution in [2.24, 2.45) is 0 Å². The van der Waals surface area contributed by atoms with E-state index in [4.69, 9.17) is 16.3 Å². The summed E-state index contributed by atoms with van der Waals surface area (Å²) in [5, 5.41) is 6.63. The molecule has 1 unspecified atom stereocenters. The number of nitrogens with zero attached hydrogens (tertiary/aromatic N) is 5. The van der Waals surface area contributed by atoms with Crippen LogP contribution in [0.25, 0.3) is 0 Å². The molecule has 214 valence electrons. The summed E-state index contributed by atoms with van der Waals surface area (Å²) in [6.07, 6.45) is 3.81. The number of halogens is 1. The molecule has 2 aromatic carbocycles. The Hall–Kier alpha value is -3.16. The number of piperidine rings is 1. The average Bonchev–Trinajstić information content (AvgIpc) is 2.96. The highest BCUT2D eigenvalue weighted by molar-refractivity contribution is 7.80. The van der Waals surface area contributed by atoms with Crippen LogP contribution in [0.1, 0.15) is 12.8 Å². The number of benzene rings is 2. The summed E-state index contributed by atoms with van der Waals surface area (Å²) in [6, 6.07) is 13.7. The highest BCUT2D eigenvalue weighted by Crippen LogP contribution is 2.34. The van der Waals surface area contributed by atoms with Gasteiger partial charge in [0.05, 0.1) is 30.4 Å². The number of hydrogen-bond acceptors (Lipinski definition) is 9. The van der Waals surface area contributed by atoms with E-state index in [0.29, 0.717) is 40.0 Å². The predicted molar refractivity (Wildman–Crippen MR) is 162 cm³/mol. The molecule has 2 saturated heterocycles. The number of likely N-dealkylation sites (N-methyl/N-ethyl adjacent to an activating group) is 1. The highest BCUT2D eigenvalue weighted by Gasteiger charge is 2.27. The lowest BCUT2D eigenvalue weighted by molar-refractivity contribution is 0.0982. The zero-order chi connectivity index (χ0) is 28.1. The van der Waals surface area contributed by atoms with Gasteiger partial charge in [-0.3, -0.25) is 14.2 Å². The molecule has 0 saturated carbocycles. The monoisotopic (exact) mass is 586 g/mol. The molecule has 3 heterocycles. The highest BCUT2D eigenvalue weighted by atomic mass is 35.5. The van der Waals surface area contributed by atoms with Gasteiger partial charge in [0.25, 0.3) is 11.3 Å². The Kier molecular flexibility index (Phi) is 9.22. The van der Waals surface area contributed by atoms with E-state index in [-0.39, 0.29) is 0 Å². The summed E-state index contributed by atoms with van der Waals surface area (Å²) < 4.78 is 28.7. The minimum atomic E-state index is -2.22. The fourth-order valence-corrected chi connectivity index (χ4v) is 5.70. The zero-order valence-corrected chi connectivity index (χ0v) is 24.2. The lowest BCUT2D eigenvalue weighted by Gasteiger charge is -2.42. The van der Waals surface area contributed by atoms with Gasteiger partial charge in [-0.2, -0.15) is 4.98 Å². The van der Waals surface area contributed by atoms with Crippen LogP contribution < -0.4 is 25.0 Å². The number of aromatic nitrogens is 2. The first kappa shape index (κ1) is 28.4. The van der Waals surface area contributed by atoms with Crippen molar-refractivity contribution in [3.8, 4) is 5.75 Å². The van der Waals surface area contributed by atoms with Crippen LogP contribution in [0, 0.1) is 0 Å². The molecule has 2 aliphatic rings. The fraction of sp³-hybridized carbons (Fsp3) is 0.407. The van der Waals surface area contributed by atoms with Gasteiger partial charge in [-0.15, -0.1) is 0 Å². The molecule has 2 fully saturated rings. The first-order valence-corrected chi connectivity index (χ1v) is 14.8. The third-order valence-corrected chi connectivity index (χ3v) is 8.11. The molecule has 0 spiro atoms. The van der Waals surface area contributed by atoms with E-state index in [0.717, 1.165) is 63.5 Å². The number of piperazine rings is 1. The summed E-state index contributed by atoms with van der Waals surface area (Å²) in [6.45, 7) is 6.65. The molecule has 2 aliphatic heterocycles. The van der Waals surface area contributed by atoms with E-state index >= 15 is 0 Å². The van der Waals surface area contributed by atoms with Gasteiger partial charge in [-0.25, -0.2) is 9.19 Å². The van der Waals surface area contributed by atoms with Crippen molar-refractivity contribution in [3.63, 3.8) is 0 Å². The zero-order valence-electron chi connectivity index (χ0n) is 22.6. The van der Waals surface area contributed by atoms with Gasteiger partial charge in [0, 0.05) is 57.1 Å². The minimum absolute atomic E-state index is 0.299. The maximum Gasteiger partial charge on any atom is 0.259 e. The number of hydrogen-bond donors (Lipinski definition) is 4. The molecule has 11 nitrogen and oxygen atoms in total. The smallest absolute Gasteiger partial charge is 0.259 e. The van der Waals surface area contributed by atoms with Gasteiger partial charge in [0.1, 0.15) is 10.8 Å². The topological polar surface area (TPSA) is 118 Å². The molecule has 3 aromatic rings. The normalized spacial score (nSPS) is 17.9. The van der Waals surface area contributed by atoms with E-state index in [1.165, 1.54) is 6.20 Å². The van der Waals surface area contributed by atoms with Crippen LogP contribution in [0.2, 0.25) is 5.02 Å². The van der Waals surface area contributed by atoms with Gasteiger partial charge >= 0.3 is 0 Å². The minimum Gasteiger partial charge on any atom is -0.494 e. The Morgan fingerprint density at radius 1 is 1.00 bits per heavy atom. The van der Waals surface area contributed by atoms with E-state index in [2.05, 4.69) is 53.1 Å². The molecule has 1 aromatic heterocycles. The van der Waals surface area contributed by atoms with E-state index in [9.17, 15) is 8.76 Å². The maximum absolute atomic E-state index is 11.3. The van der Waals surface area contributed by atoms with Gasteiger partial charge < -0.3 is 25.2 Å². The molecule has 5 rings (SSSR count). The summed E-state index contributed by atoms with van der Waals surface area (Å²) in [4.78, 5) is 16.3. The lowest BCUT2D eigenvalue weighted by atomic mass is 10.0. The second-order valence-electron chi connectivity index (χ2n) is 9.98. The lowest BCUT2D eigenvalue weighted by Crippen LogP contribution is -2.52. The standard InChI is InChI=1S/C27H35ClN8O3S/c1-34-13-15-36(16-14-34)19-9-11-35(12-10-19)20-7-8-24(25(17-20)39-2)31-27-29-18-21(28)26(32-27)30-22-5-3-4-6-23(22)33-40(37)38/h3-8,17-19,33H,9-16H2,1-2H3,(H,37,38)(H2,29,30,31,32). The molecule has 0 bridgehead atoms. The first-order chi connectivity index (χ1) is 19.4. The molecule has 0 aliphatic carbocycles. The Morgan fingerprint density at radius 2 is 1.73 bits per heavy atom. The van der Waals surface area contributed by atoms with Gasteiger partial charge in [0.2, 0.25) is 5.95 Å². The molecule has 13 heteroatoms. The Labute approximate surface area is 242 Å². The molecule has 0 amide bonds. The maximum atomic E-state index is 11.3. The van der Waals surface area contributed by atoms with Crippen molar-refractivity contribution in [2.75, 3.05) is 73.7 Å². The molecule has 40 heavy (non-hydrogen) atoms. The molecule has 1 atom stereocenters. The second-order valence-corrected chi connectivity index (χ2v) is 11.1. The quantitative estimate of drug-likeness (QED) is 0.269. The molecule has 4 N–H and O–H groups in total. The number of methoxy groups -OCH3 is 1. The van der Waals surface area contributed by atoms with Crippen molar-refractivity contribution in [2.45, 2.75) is 18.9 Å². The van der Waals surface area contributed by atoms with E-state index < -0.39 is 11.3 Å². The largest absolute Gasteiger partial charge is 0.494 e. The van der Waals surface area contributed by atoms with Crippen LogP contribution in [0.4, 0.5) is 34.5 Å². The van der Waals surface area contributed by atoms with Crippen LogP contribution in [-0.2, 0) is 11.3 Å². The first-order valence-electron chi connectivity index (χ1n) is 13.3. The van der Waals surface area contributed by atoms with Crippen molar-refractivity contribution < 1.29 is 13.5 Å².